The Balaban J connectivity index is 2.05. The number of thiocarbonyl (C=S) groups is 1. The lowest BCUT2D eigenvalue weighted by atomic mass is 10.1. The number of halogens is 1. The summed E-state index contributed by atoms with van der Waals surface area (Å²) in [5.41, 5.74) is 0.384. The van der Waals surface area contributed by atoms with Crippen molar-refractivity contribution in [2.75, 3.05) is 12.0 Å². The number of methoxy groups -OCH3 is 1. The Labute approximate surface area is 156 Å². The van der Waals surface area contributed by atoms with E-state index in [-0.39, 0.29) is 10.7 Å². The molecule has 0 bridgehead atoms. The normalized spacial score (nSPS) is 16.5. The summed E-state index contributed by atoms with van der Waals surface area (Å²) in [7, 11) is 1.50. The number of nitrogens with zero attached hydrogens (tertiary/aromatic N) is 1. The number of para-hydroxylation sites is 2. The molecule has 0 atom stereocenters. The standard InChI is InChI=1S/C16H11IN2O4S/c1-22-12-5-3-2-4-11(12)19-15(21)10(14(20)18-16(19)24)8-9-6-7-13(17)23-9/h2-8H,1H3,(H,18,20,24)/b10-8-. The summed E-state index contributed by atoms with van der Waals surface area (Å²) in [4.78, 5) is 26.2. The van der Waals surface area contributed by atoms with E-state index in [4.69, 9.17) is 21.4 Å². The van der Waals surface area contributed by atoms with Crippen LogP contribution in [0.3, 0.4) is 0 Å². The molecule has 2 amide bonds. The lowest BCUT2D eigenvalue weighted by Crippen LogP contribution is -2.54. The minimum Gasteiger partial charge on any atom is -0.495 e. The van der Waals surface area contributed by atoms with Crippen molar-refractivity contribution < 1.29 is 18.7 Å². The molecule has 0 spiro atoms. The van der Waals surface area contributed by atoms with Crippen molar-refractivity contribution in [1.82, 2.24) is 5.32 Å². The van der Waals surface area contributed by atoms with Gasteiger partial charge in [-0.15, -0.1) is 0 Å². The average Bonchev–Trinajstić information content (AvgIpc) is 2.97. The van der Waals surface area contributed by atoms with Crippen molar-refractivity contribution in [3.63, 3.8) is 0 Å². The topological polar surface area (TPSA) is 71.8 Å². The zero-order valence-electron chi connectivity index (χ0n) is 12.4. The molecular formula is C16H11IN2O4S. The van der Waals surface area contributed by atoms with Crippen LogP contribution in [0.2, 0.25) is 0 Å². The summed E-state index contributed by atoms with van der Waals surface area (Å²) in [6.07, 6.45) is 1.39. The molecule has 0 unspecified atom stereocenters. The van der Waals surface area contributed by atoms with E-state index in [1.54, 1.807) is 36.4 Å². The zero-order valence-corrected chi connectivity index (χ0v) is 15.4. The third kappa shape index (κ3) is 3.06. The first-order chi connectivity index (χ1) is 11.5. The van der Waals surface area contributed by atoms with Crippen LogP contribution in [0.15, 0.2) is 46.4 Å². The monoisotopic (exact) mass is 454 g/mol. The van der Waals surface area contributed by atoms with Crippen molar-refractivity contribution >= 4 is 63.5 Å². The second kappa shape index (κ2) is 6.73. The molecule has 1 aliphatic rings. The molecule has 6 nitrogen and oxygen atoms in total. The first-order valence-corrected chi connectivity index (χ1v) is 8.30. The second-order valence-corrected chi connectivity index (χ2v) is 6.22. The summed E-state index contributed by atoms with van der Waals surface area (Å²) in [6, 6.07) is 10.3. The van der Waals surface area contributed by atoms with Crippen molar-refractivity contribution in [1.29, 1.82) is 0 Å². The molecule has 122 valence electrons. The Morgan fingerprint density at radius 3 is 2.67 bits per heavy atom. The van der Waals surface area contributed by atoms with E-state index in [0.717, 1.165) is 0 Å². The maximum absolute atomic E-state index is 12.8. The van der Waals surface area contributed by atoms with Gasteiger partial charge in [-0.25, -0.2) is 4.90 Å². The number of hydrogen-bond donors (Lipinski definition) is 1. The summed E-state index contributed by atoms with van der Waals surface area (Å²) in [5, 5.41) is 2.52. The average molecular weight is 454 g/mol. The molecule has 1 fully saturated rings. The number of carbonyl (C=O) groups is 2. The van der Waals surface area contributed by atoms with Crippen LogP contribution in [0.5, 0.6) is 5.75 Å². The van der Waals surface area contributed by atoms with Gasteiger partial charge in [-0.2, -0.15) is 0 Å². The van der Waals surface area contributed by atoms with Crippen LogP contribution in [0.4, 0.5) is 5.69 Å². The zero-order chi connectivity index (χ0) is 17.3. The predicted octanol–water partition coefficient (Wildman–Crippen LogP) is 2.72. The van der Waals surface area contributed by atoms with Gasteiger partial charge in [0.2, 0.25) is 0 Å². The highest BCUT2D eigenvalue weighted by Gasteiger charge is 2.35. The molecule has 0 saturated carbocycles. The molecule has 1 saturated heterocycles. The largest absolute Gasteiger partial charge is 0.495 e. The molecule has 1 aromatic heterocycles. The predicted molar refractivity (Wildman–Crippen MR) is 101 cm³/mol. The van der Waals surface area contributed by atoms with Crippen LogP contribution in [0.1, 0.15) is 5.76 Å². The fraction of sp³-hybridized carbons (Fsp3) is 0.0625. The molecule has 1 N–H and O–H groups in total. The van der Waals surface area contributed by atoms with Gasteiger partial charge in [-0.1, -0.05) is 12.1 Å². The SMILES string of the molecule is COc1ccccc1N1C(=O)/C(=C\c2ccc(I)o2)C(=O)NC1=S. The molecule has 1 aliphatic heterocycles. The molecule has 3 rings (SSSR count). The second-order valence-electron chi connectivity index (χ2n) is 4.77. The van der Waals surface area contributed by atoms with Crippen LogP contribution in [-0.4, -0.2) is 24.0 Å². The Bertz CT molecular complexity index is 874. The molecule has 0 aliphatic carbocycles. The van der Waals surface area contributed by atoms with E-state index < -0.39 is 11.8 Å². The van der Waals surface area contributed by atoms with Crippen LogP contribution in [0.25, 0.3) is 6.08 Å². The van der Waals surface area contributed by atoms with Gasteiger partial charge in [0.15, 0.2) is 8.88 Å². The third-order valence-corrected chi connectivity index (χ3v) is 4.17. The Kier molecular flexibility index (Phi) is 4.67. The molecule has 0 radical (unpaired) electrons. The van der Waals surface area contributed by atoms with Gasteiger partial charge in [-0.05, 0) is 65.2 Å². The summed E-state index contributed by atoms with van der Waals surface area (Å²) >= 11 is 7.16. The van der Waals surface area contributed by atoms with Crippen molar-refractivity contribution in [3.8, 4) is 5.75 Å². The van der Waals surface area contributed by atoms with E-state index in [2.05, 4.69) is 5.32 Å². The number of furan rings is 1. The fourth-order valence-corrected chi connectivity index (χ4v) is 2.95. The van der Waals surface area contributed by atoms with Crippen molar-refractivity contribution in [2.24, 2.45) is 0 Å². The highest BCUT2D eigenvalue weighted by Crippen LogP contribution is 2.30. The summed E-state index contributed by atoms with van der Waals surface area (Å²) < 4.78 is 11.3. The van der Waals surface area contributed by atoms with Gasteiger partial charge >= 0.3 is 0 Å². The molecule has 24 heavy (non-hydrogen) atoms. The van der Waals surface area contributed by atoms with Crippen LogP contribution >= 0.6 is 34.8 Å². The van der Waals surface area contributed by atoms with Gasteiger partial charge in [0, 0.05) is 0 Å². The molecular weight excluding hydrogens is 443 g/mol. The highest BCUT2D eigenvalue weighted by molar-refractivity contribution is 14.1. The lowest BCUT2D eigenvalue weighted by Gasteiger charge is -2.29. The number of rotatable bonds is 3. The maximum atomic E-state index is 12.8. The van der Waals surface area contributed by atoms with Crippen molar-refractivity contribution in [2.45, 2.75) is 0 Å². The van der Waals surface area contributed by atoms with Gasteiger partial charge in [-0.3, -0.25) is 14.9 Å². The number of anilines is 1. The third-order valence-electron chi connectivity index (χ3n) is 3.31. The molecule has 2 aromatic rings. The Morgan fingerprint density at radius 2 is 2.00 bits per heavy atom. The minimum absolute atomic E-state index is 0.000625. The van der Waals surface area contributed by atoms with Gasteiger partial charge in [0.25, 0.3) is 11.8 Å². The van der Waals surface area contributed by atoms with Crippen LogP contribution < -0.4 is 15.0 Å². The Morgan fingerprint density at radius 1 is 1.25 bits per heavy atom. The number of benzene rings is 1. The maximum Gasteiger partial charge on any atom is 0.270 e. The number of amides is 2. The number of carbonyl (C=O) groups excluding carboxylic acids is 2. The van der Waals surface area contributed by atoms with Gasteiger partial charge in [0.1, 0.15) is 17.1 Å². The molecule has 2 heterocycles. The van der Waals surface area contributed by atoms with E-state index in [0.29, 0.717) is 21.0 Å². The van der Waals surface area contributed by atoms with E-state index in [1.165, 1.54) is 18.1 Å². The first-order valence-electron chi connectivity index (χ1n) is 6.81. The number of ether oxygens (including phenoxy) is 1. The minimum atomic E-state index is -0.567. The molecule has 1 aromatic carbocycles. The first kappa shape index (κ1) is 16.7. The number of nitrogens with one attached hydrogen (secondary N) is 1. The van der Waals surface area contributed by atoms with E-state index in [1.807, 2.05) is 22.6 Å². The number of hydrogen-bond acceptors (Lipinski definition) is 5. The summed E-state index contributed by atoms with van der Waals surface area (Å²) in [5.74, 6) is -0.232. The Hall–Kier alpha value is -2.20. The van der Waals surface area contributed by atoms with E-state index in [9.17, 15) is 9.59 Å². The lowest BCUT2D eigenvalue weighted by molar-refractivity contribution is -0.122. The van der Waals surface area contributed by atoms with Gasteiger partial charge in [0.05, 0.1) is 12.8 Å². The fourth-order valence-electron chi connectivity index (χ4n) is 2.24. The van der Waals surface area contributed by atoms with Gasteiger partial charge < -0.3 is 9.15 Å². The molecule has 8 heteroatoms. The summed E-state index contributed by atoms with van der Waals surface area (Å²) in [6.45, 7) is 0. The van der Waals surface area contributed by atoms with Crippen LogP contribution in [-0.2, 0) is 9.59 Å². The van der Waals surface area contributed by atoms with Crippen LogP contribution in [0, 0.1) is 3.77 Å². The highest BCUT2D eigenvalue weighted by atomic mass is 127. The smallest absolute Gasteiger partial charge is 0.270 e. The quantitative estimate of drug-likeness (QED) is 0.334. The van der Waals surface area contributed by atoms with Crippen molar-refractivity contribution in [3.05, 3.63) is 51.5 Å². The van der Waals surface area contributed by atoms with E-state index >= 15 is 0 Å².